The van der Waals surface area contributed by atoms with E-state index in [9.17, 15) is 4.57 Å². The van der Waals surface area contributed by atoms with Gasteiger partial charge in [-0.25, -0.2) is 0 Å². The zero-order valence-electron chi connectivity index (χ0n) is 11.2. The predicted molar refractivity (Wildman–Crippen MR) is 80.5 cm³/mol. The number of benzene rings is 2. The average Bonchev–Trinajstić information content (AvgIpc) is 2.80. The van der Waals surface area contributed by atoms with Gasteiger partial charge in [-0.3, -0.25) is 4.57 Å². The second-order valence-corrected chi connectivity index (χ2v) is 6.62. The molecule has 0 aliphatic carbocycles. The van der Waals surface area contributed by atoms with Gasteiger partial charge in [-0.2, -0.15) is 0 Å². The minimum absolute atomic E-state index is 0.293. The Labute approximate surface area is 123 Å². The Hall–Kier alpha value is -1.59. The topological polar surface area (TPSA) is 76.0 Å². The summed E-state index contributed by atoms with van der Waals surface area (Å²) in [6.07, 6.45) is -0.842. The summed E-state index contributed by atoms with van der Waals surface area (Å²) in [5.41, 5.74) is 1.72. The van der Waals surface area contributed by atoms with E-state index in [0.29, 0.717) is 13.2 Å². The highest BCUT2D eigenvalue weighted by Crippen LogP contribution is 2.41. The summed E-state index contributed by atoms with van der Waals surface area (Å²) in [6.45, 7) is 0. The van der Waals surface area contributed by atoms with Crippen LogP contribution in [0, 0.1) is 0 Å². The molecule has 108 valence electrons. The molecule has 0 radical (unpaired) electrons. The second-order valence-electron chi connectivity index (χ2n) is 4.92. The first kappa shape index (κ1) is 14.4. The Morgan fingerprint density at radius 1 is 1.14 bits per heavy atom. The maximum atomic E-state index is 11.1. The summed E-state index contributed by atoms with van der Waals surface area (Å²) < 4.78 is 22.3. The summed E-state index contributed by atoms with van der Waals surface area (Å²) in [7, 11) is -3.75. The van der Waals surface area contributed by atoms with Crippen molar-refractivity contribution >= 4 is 20.5 Å². The van der Waals surface area contributed by atoms with E-state index in [1.807, 2.05) is 36.4 Å². The highest BCUT2D eigenvalue weighted by Gasteiger charge is 2.30. The number of rotatable bonds is 4. The van der Waals surface area contributed by atoms with E-state index in [0.717, 1.165) is 16.8 Å². The molecule has 0 saturated heterocycles. The van der Waals surface area contributed by atoms with Gasteiger partial charge in [0.2, 0.25) is 0 Å². The van der Waals surface area contributed by atoms with Gasteiger partial charge in [-0.15, -0.1) is 0 Å². The van der Waals surface area contributed by atoms with Crippen molar-refractivity contribution in [3.8, 4) is 11.5 Å². The fraction of sp³-hybridized carbons (Fsp3) is 0.143. The van der Waals surface area contributed by atoms with Crippen molar-refractivity contribution in [2.75, 3.05) is 6.16 Å². The van der Waals surface area contributed by atoms with Crippen molar-refractivity contribution in [2.24, 2.45) is 0 Å². The normalized spacial score (nSPS) is 17.1. The molecule has 0 aromatic heterocycles. The summed E-state index contributed by atoms with van der Waals surface area (Å²) in [4.78, 5) is 18.1. The molecule has 21 heavy (non-hydrogen) atoms. The SMILES string of the molecule is O=P(O)(O)CC1OBc2cc(Oc3ccccc3)ccc21. The fourth-order valence-corrected chi connectivity index (χ4v) is 3.09. The van der Waals surface area contributed by atoms with Crippen LogP contribution < -0.4 is 10.2 Å². The molecule has 0 spiro atoms. The number of hydrogen-bond donors (Lipinski definition) is 2. The van der Waals surface area contributed by atoms with Crippen molar-refractivity contribution in [1.29, 1.82) is 0 Å². The molecule has 1 atom stereocenters. The average molecular weight is 304 g/mol. The molecular formula is C14H14BO5P. The second kappa shape index (κ2) is 5.66. The van der Waals surface area contributed by atoms with E-state index >= 15 is 0 Å². The lowest BCUT2D eigenvalue weighted by Gasteiger charge is -2.13. The van der Waals surface area contributed by atoms with Gasteiger partial charge in [0.1, 0.15) is 11.5 Å². The zero-order chi connectivity index (χ0) is 14.9. The molecule has 1 unspecified atom stereocenters. The highest BCUT2D eigenvalue weighted by molar-refractivity contribution is 7.51. The van der Waals surface area contributed by atoms with Gasteiger partial charge in [-0.1, -0.05) is 24.3 Å². The third-order valence-corrected chi connectivity index (χ3v) is 4.09. The lowest BCUT2D eigenvalue weighted by molar-refractivity contribution is 0.245. The van der Waals surface area contributed by atoms with Crippen LogP contribution in [-0.2, 0) is 9.22 Å². The van der Waals surface area contributed by atoms with Gasteiger partial charge in [0.15, 0.2) is 0 Å². The molecule has 2 aromatic rings. The first-order chi connectivity index (χ1) is 10.0. The van der Waals surface area contributed by atoms with Gasteiger partial charge in [0.05, 0.1) is 12.3 Å². The molecular weight excluding hydrogens is 290 g/mol. The number of hydrogen-bond acceptors (Lipinski definition) is 3. The molecule has 0 saturated carbocycles. The van der Waals surface area contributed by atoms with Crippen molar-refractivity contribution in [3.05, 3.63) is 54.1 Å². The van der Waals surface area contributed by atoms with Crippen LogP contribution in [0.4, 0.5) is 0 Å². The maximum absolute atomic E-state index is 11.1. The summed E-state index contributed by atoms with van der Waals surface area (Å²) >= 11 is 0. The van der Waals surface area contributed by atoms with Crippen LogP contribution in [-0.4, -0.2) is 23.4 Å². The number of fused-ring (bicyclic) bond motifs is 1. The Morgan fingerprint density at radius 2 is 1.90 bits per heavy atom. The largest absolute Gasteiger partial charge is 0.457 e. The Bertz CT molecular complexity index is 685. The molecule has 2 aromatic carbocycles. The monoisotopic (exact) mass is 304 g/mol. The molecule has 5 nitrogen and oxygen atoms in total. The van der Waals surface area contributed by atoms with Crippen LogP contribution in [0.2, 0.25) is 0 Å². The van der Waals surface area contributed by atoms with Crippen LogP contribution in [0.5, 0.6) is 11.5 Å². The van der Waals surface area contributed by atoms with Crippen LogP contribution in [0.1, 0.15) is 11.7 Å². The van der Waals surface area contributed by atoms with Crippen molar-refractivity contribution in [2.45, 2.75) is 6.10 Å². The van der Waals surface area contributed by atoms with Gasteiger partial charge >= 0.3 is 15.1 Å². The first-order valence-electron chi connectivity index (χ1n) is 6.53. The summed E-state index contributed by atoms with van der Waals surface area (Å²) in [5, 5.41) is 0. The lowest BCUT2D eigenvalue weighted by atomic mass is 9.86. The van der Waals surface area contributed by atoms with E-state index in [4.69, 9.17) is 19.2 Å². The van der Waals surface area contributed by atoms with Crippen LogP contribution >= 0.6 is 7.60 Å². The maximum Gasteiger partial charge on any atom is 0.328 e. The number of para-hydroxylation sites is 1. The molecule has 0 amide bonds. The lowest BCUT2D eigenvalue weighted by Crippen LogP contribution is -2.11. The van der Waals surface area contributed by atoms with E-state index in [2.05, 4.69) is 0 Å². The minimum atomic E-state index is -4.09. The molecule has 7 heteroatoms. The molecule has 1 aliphatic rings. The summed E-state index contributed by atoms with van der Waals surface area (Å²) in [6, 6.07) is 14.9. The first-order valence-corrected chi connectivity index (χ1v) is 8.33. The van der Waals surface area contributed by atoms with Crippen LogP contribution in [0.3, 0.4) is 0 Å². The fourth-order valence-electron chi connectivity index (χ4n) is 2.36. The molecule has 1 heterocycles. The van der Waals surface area contributed by atoms with Gasteiger partial charge in [-0.05, 0) is 35.3 Å². The van der Waals surface area contributed by atoms with Gasteiger partial charge in [0.25, 0.3) is 0 Å². The Balaban J connectivity index is 1.79. The zero-order valence-corrected chi connectivity index (χ0v) is 12.1. The molecule has 3 rings (SSSR count). The molecule has 0 bridgehead atoms. The van der Waals surface area contributed by atoms with E-state index in [1.165, 1.54) is 0 Å². The van der Waals surface area contributed by atoms with Gasteiger partial charge in [0, 0.05) is 0 Å². The Kier molecular flexibility index (Phi) is 3.87. The number of ether oxygens (including phenoxy) is 1. The minimum Gasteiger partial charge on any atom is -0.457 e. The van der Waals surface area contributed by atoms with Crippen LogP contribution in [0.25, 0.3) is 0 Å². The Morgan fingerprint density at radius 3 is 2.62 bits per heavy atom. The molecule has 0 fully saturated rings. The van der Waals surface area contributed by atoms with Crippen molar-refractivity contribution < 1.29 is 23.7 Å². The predicted octanol–water partition coefficient (Wildman–Crippen LogP) is 1.70. The van der Waals surface area contributed by atoms with Crippen molar-refractivity contribution in [3.63, 3.8) is 0 Å². The van der Waals surface area contributed by atoms with Gasteiger partial charge < -0.3 is 19.2 Å². The smallest absolute Gasteiger partial charge is 0.328 e. The van der Waals surface area contributed by atoms with E-state index in [1.54, 1.807) is 12.1 Å². The van der Waals surface area contributed by atoms with Crippen LogP contribution in [0.15, 0.2) is 48.5 Å². The van der Waals surface area contributed by atoms with E-state index < -0.39 is 13.7 Å². The highest BCUT2D eigenvalue weighted by atomic mass is 31.2. The van der Waals surface area contributed by atoms with E-state index in [-0.39, 0.29) is 6.16 Å². The third-order valence-electron chi connectivity index (χ3n) is 3.28. The molecule has 2 N–H and O–H groups in total. The standard InChI is InChI=1S/C14H14BO5P/c16-21(17,18)9-14-12-7-6-11(8-13(12)15-20-14)19-10-4-2-1-3-5-10/h1-8,14-15H,9H2,(H2,16,17,18). The quantitative estimate of drug-likeness (QED) is 0.664. The van der Waals surface area contributed by atoms with Crippen molar-refractivity contribution in [1.82, 2.24) is 0 Å². The third kappa shape index (κ3) is 3.54. The summed E-state index contributed by atoms with van der Waals surface area (Å²) in [5.74, 6) is 1.42. The molecule has 1 aliphatic heterocycles.